The Bertz CT molecular complexity index is 724. The number of ether oxygens (including phenoxy) is 1. The third-order valence-corrected chi connectivity index (χ3v) is 3.69. The number of aromatic amines is 1. The van der Waals surface area contributed by atoms with E-state index in [-0.39, 0.29) is 6.10 Å². The number of benzene rings is 2. The number of halogens is 1. The molecule has 0 aliphatic rings. The summed E-state index contributed by atoms with van der Waals surface area (Å²) in [6, 6.07) is 14.0. The molecule has 1 heterocycles. The van der Waals surface area contributed by atoms with Gasteiger partial charge in [-0.25, -0.2) is 0 Å². The Hall–Kier alpha value is -2.00. The molecule has 0 saturated carbocycles. The molecule has 3 nitrogen and oxygen atoms in total. The zero-order chi connectivity index (χ0) is 14.7. The van der Waals surface area contributed by atoms with Crippen LogP contribution < -0.4 is 4.74 Å². The lowest BCUT2D eigenvalue weighted by atomic mass is 10.1. The molecule has 108 valence electrons. The molecule has 0 spiro atoms. The molecule has 1 atom stereocenters. The van der Waals surface area contributed by atoms with Crippen LogP contribution in [0.15, 0.2) is 48.7 Å². The summed E-state index contributed by atoms with van der Waals surface area (Å²) in [5, 5.41) is 8.63. The van der Waals surface area contributed by atoms with Gasteiger partial charge in [-0.05, 0) is 24.1 Å². The standard InChI is InChI=1S/C17H17ClN2O/c1-2-6-16(12-7-4-3-5-8-12)21-17-10-13(18)9-15-14(17)11-19-20-15/h3-5,7-11,16H,2,6H2,1H3,(H,19,20)/t16-/m1/s1. The van der Waals surface area contributed by atoms with Gasteiger partial charge in [-0.15, -0.1) is 0 Å². The van der Waals surface area contributed by atoms with E-state index in [1.807, 2.05) is 36.5 Å². The van der Waals surface area contributed by atoms with Crippen LogP contribution in [-0.4, -0.2) is 10.2 Å². The van der Waals surface area contributed by atoms with Crippen LogP contribution in [-0.2, 0) is 0 Å². The summed E-state index contributed by atoms with van der Waals surface area (Å²) in [6.07, 6.45) is 3.87. The van der Waals surface area contributed by atoms with Crippen molar-refractivity contribution >= 4 is 22.5 Å². The summed E-state index contributed by atoms with van der Waals surface area (Å²) in [5.41, 5.74) is 2.00. The van der Waals surface area contributed by atoms with Gasteiger partial charge < -0.3 is 4.74 Å². The molecule has 1 N–H and O–H groups in total. The van der Waals surface area contributed by atoms with Crippen molar-refractivity contribution in [3.8, 4) is 5.75 Å². The Balaban J connectivity index is 1.96. The monoisotopic (exact) mass is 300 g/mol. The fraction of sp³-hybridized carbons (Fsp3) is 0.235. The van der Waals surface area contributed by atoms with Gasteiger partial charge in [-0.2, -0.15) is 5.10 Å². The van der Waals surface area contributed by atoms with Gasteiger partial charge in [0.25, 0.3) is 0 Å². The topological polar surface area (TPSA) is 37.9 Å². The number of nitrogens with one attached hydrogen (secondary N) is 1. The first-order valence-electron chi connectivity index (χ1n) is 7.12. The van der Waals surface area contributed by atoms with Crippen LogP contribution in [0.3, 0.4) is 0 Å². The summed E-state index contributed by atoms with van der Waals surface area (Å²) in [4.78, 5) is 0. The highest BCUT2D eigenvalue weighted by atomic mass is 35.5. The number of hydrogen-bond acceptors (Lipinski definition) is 2. The Kier molecular flexibility index (Phi) is 4.11. The average molecular weight is 301 g/mol. The van der Waals surface area contributed by atoms with Gasteiger partial charge in [0.05, 0.1) is 10.9 Å². The number of H-pyrrole nitrogens is 1. The van der Waals surface area contributed by atoms with Crippen LogP contribution in [0.1, 0.15) is 31.4 Å². The van der Waals surface area contributed by atoms with Crippen LogP contribution in [0, 0.1) is 0 Å². The van der Waals surface area contributed by atoms with Crippen molar-refractivity contribution in [3.63, 3.8) is 0 Å². The van der Waals surface area contributed by atoms with E-state index in [0.717, 1.165) is 29.5 Å². The summed E-state index contributed by atoms with van der Waals surface area (Å²) >= 11 is 6.15. The quantitative estimate of drug-likeness (QED) is 0.708. The van der Waals surface area contributed by atoms with Crippen molar-refractivity contribution in [2.24, 2.45) is 0 Å². The number of fused-ring (bicyclic) bond motifs is 1. The van der Waals surface area contributed by atoms with Crippen LogP contribution in [0.2, 0.25) is 5.02 Å². The van der Waals surface area contributed by atoms with Crippen molar-refractivity contribution in [1.82, 2.24) is 10.2 Å². The minimum Gasteiger partial charge on any atom is -0.485 e. The van der Waals surface area contributed by atoms with Gasteiger partial charge in [-0.1, -0.05) is 55.3 Å². The van der Waals surface area contributed by atoms with E-state index in [9.17, 15) is 0 Å². The zero-order valence-electron chi connectivity index (χ0n) is 11.8. The normalized spacial score (nSPS) is 12.5. The van der Waals surface area contributed by atoms with Crippen LogP contribution in [0.25, 0.3) is 10.9 Å². The van der Waals surface area contributed by atoms with Crippen molar-refractivity contribution in [2.75, 3.05) is 0 Å². The lowest BCUT2D eigenvalue weighted by Gasteiger charge is -2.19. The third kappa shape index (κ3) is 3.03. The van der Waals surface area contributed by atoms with Crippen molar-refractivity contribution in [1.29, 1.82) is 0 Å². The number of aromatic nitrogens is 2. The Labute approximate surface area is 128 Å². The van der Waals surface area contributed by atoms with E-state index in [1.165, 1.54) is 5.56 Å². The minimum atomic E-state index is 0.0211. The van der Waals surface area contributed by atoms with Gasteiger partial charge in [0.2, 0.25) is 0 Å². The SMILES string of the molecule is CCC[C@@H](Oc1cc(Cl)cc2n[nH]cc12)c1ccccc1. The molecule has 0 saturated heterocycles. The predicted octanol–water partition coefficient (Wildman–Crippen LogP) is 5.14. The fourth-order valence-electron chi connectivity index (χ4n) is 2.46. The molecule has 3 aromatic rings. The summed E-state index contributed by atoms with van der Waals surface area (Å²) in [5.74, 6) is 0.772. The smallest absolute Gasteiger partial charge is 0.132 e. The van der Waals surface area contributed by atoms with Crippen molar-refractivity contribution in [2.45, 2.75) is 25.9 Å². The van der Waals surface area contributed by atoms with Crippen molar-refractivity contribution in [3.05, 3.63) is 59.2 Å². The van der Waals surface area contributed by atoms with Crippen LogP contribution >= 0.6 is 11.6 Å². The molecular formula is C17H17ClN2O. The third-order valence-electron chi connectivity index (χ3n) is 3.47. The highest BCUT2D eigenvalue weighted by Crippen LogP contribution is 2.33. The second-order valence-electron chi connectivity index (χ2n) is 5.03. The average Bonchev–Trinajstić information content (AvgIpc) is 2.96. The van der Waals surface area contributed by atoms with Crippen LogP contribution in [0.5, 0.6) is 5.75 Å². The highest BCUT2D eigenvalue weighted by molar-refractivity contribution is 6.31. The second kappa shape index (κ2) is 6.19. The van der Waals surface area contributed by atoms with E-state index >= 15 is 0 Å². The maximum atomic E-state index is 6.25. The molecule has 0 aliphatic carbocycles. The van der Waals surface area contributed by atoms with Gasteiger partial charge in [-0.3, -0.25) is 5.10 Å². The highest BCUT2D eigenvalue weighted by Gasteiger charge is 2.15. The lowest BCUT2D eigenvalue weighted by Crippen LogP contribution is -2.07. The van der Waals surface area contributed by atoms with Crippen LogP contribution in [0.4, 0.5) is 0 Å². The maximum Gasteiger partial charge on any atom is 0.132 e. The van der Waals surface area contributed by atoms with E-state index in [1.54, 1.807) is 0 Å². The molecule has 0 radical (unpaired) electrons. The largest absolute Gasteiger partial charge is 0.485 e. The first kappa shape index (κ1) is 14.0. The molecule has 0 aliphatic heterocycles. The van der Waals surface area contributed by atoms with E-state index in [2.05, 4.69) is 29.3 Å². The first-order valence-corrected chi connectivity index (χ1v) is 7.50. The Morgan fingerprint density at radius 1 is 1.24 bits per heavy atom. The van der Waals surface area contributed by atoms with Gasteiger partial charge >= 0.3 is 0 Å². The van der Waals surface area contributed by atoms with Gasteiger partial charge in [0, 0.05) is 11.2 Å². The minimum absolute atomic E-state index is 0.0211. The molecule has 3 rings (SSSR count). The number of nitrogens with zero attached hydrogens (tertiary/aromatic N) is 1. The molecule has 21 heavy (non-hydrogen) atoms. The second-order valence-corrected chi connectivity index (χ2v) is 5.46. The molecule has 0 bridgehead atoms. The Morgan fingerprint density at radius 3 is 2.81 bits per heavy atom. The molecule has 4 heteroatoms. The summed E-state index contributed by atoms with van der Waals surface area (Å²) in [6.45, 7) is 2.16. The lowest BCUT2D eigenvalue weighted by molar-refractivity contribution is 0.196. The molecular weight excluding hydrogens is 284 g/mol. The summed E-state index contributed by atoms with van der Waals surface area (Å²) in [7, 11) is 0. The Morgan fingerprint density at radius 2 is 2.05 bits per heavy atom. The molecule has 0 unspecified atom stereocenters. The first-order chi connectivity index (χ1) is 10.3. The maximum absolute atomic E-state index is 6.25. The summed E-state index contributed by atoms with van der Waals surface area (Å²) < 4.78 is 6.25. The van der Waals surface area contributed by atoms with Gasteiger partial charge in [0.1, 0.15) is 11.9 Å². The molecule has 2 aromatic carbocycles. The molecule has 0 fully saturated rings. The molecule has 1 aromatic heterocycles. The van der Waals surface area contributed by atoms with E-state index < -0.39 is 0 Å². The number of rotatable bonds is 5. The fourth-order valence-corrected chi connectivity index (χ4v) is 2.66. The predicted molar refractivity (Wildman–Crippen MR) is 85.8 cm³/mol. The van der Waals surface area contributed by atoms with Gasteiger partial charge in [0.15, 0.2) is 0 Å². The number of hydrogen-bond donors (Lipinski definition) is 1. The van der Waals surface area contributed by atoms with E-state index in [0.29, 0.717) is 5.02 Å². The zero-order valence-corrected chi connectivity index (χ0v) is 12.6. The molecule has 0 amide bonds. The van der Waals surface area contributed by atoms with E-state index in [4.69, 9.17) is 16.3 Å². The van der Waals surface area contributed by atoms with Crippen molar-refractivity contribution < 1.29 is 4.74 Å².